The first-order chi connectivity index (χ1) is 10.8. The molecule has 0 bridgehead atoms. The first-order valence-corrected chi connectivity index (χ1v) is 8.29. The van der Waals surface area contributed by atoms with Crippen LogP contribution in [-0.2, 0) is 11.2 Å². The second kappa shape index (κ2) is 7.18. The van der Waals surface area contributed by atoms with Crippen LogP contribution in [0.15, 0.2) is 42.5 Å². The molecule has 0 aliphatic heterocycles. The third-order valence-electron chi connectivity index (χ3n) is 4.24. The first kappa shape index (κ1) is 17.6. The van der Waals surface area contributed by atoms with Gasteiger partial charge in [-0.15, -0.1) is 11.6 Å². The van der Waals surface area contributed by atoms with Crippen LogP contribution in [0.5, 0.6) is 0 Å². The van der Waals surface area contributed by atoms with Crippen LogP contribution in [0, 0.1) is 20.8 Å². The van der Waals surface area contributed by atoms with Crippen LogP contribution in [-0.4, -0.2) is 10.8 Å². The minimum absolute atomic E-state index is 0.158. The molecule has 1 amide bonds. The van der Waals surface area contributed by atoms with Crippen LogP contribution >= 0.6 is 11.6 Å². The maximum atomic E-state index is 12.5. The summed E-state index contributed by atoms with van der Waals surface area (Å²) in [6.45, 7) is 7.92. The fourth-order valence-electron chi connectivity index (χ4n) is 2.33. The third kappa shape index (κ3) is 4.84. The van der Waals surface area contributed by atoms with Gasteiger partial charge in [-0.2, -0.15) is 0 Å². The van der Waals surface area contributed by atoms with Gasteiger partial charge in [-0.25, -0.2) is 0 Å². The topological polar surface area (TPSA) is 29.1 Å². The molecule has 0 fully saturated rings. The van der Waals surface area contributed by atoms with Crippen molar-refractivity contribution in [2.75, 3.05) is 5.32 Å². The molecule has 0 aliphatic rings. The molecule has 23 heavy (non-hydrogen) atoms. The molecule has 2 aromatic rings. The summed E-state index contributed by atoms with van der Waals surface area (Å²) in [5.74, 6) is -0.158. The van der Waals surface area contributed by atoms with Crippen molar-refractivity contribution in [2.45, 2.75) is 45.4 Å². The molecule has 0 saturated carbocycles. The summed E-state index contributed by atoms with van der Waals surface area (Å²) in [5, 5.41) is 2.92. The summed E-state index contributed by atoms with van der Waals surface area (Å²) in [4.78, 5) is 11.5. The van der Waals surface area contributed by atoms with Crippen LogP contribution in [0.4, 0.5) is 5.69 Å². The van der Waals surface area contributed by atoms with Crippen LogP contribution in [0.25, 0.3) is 0 Å². The zero-order chi connectivity index (χ0) is 17.0. The standard InChI is InChI=1S/C20H24ClNO/c1-14-5-8-17(9-6-14)11-12-20(4,21)19(23)22-18-10-7-15(2)16(3)13-18/h5-10,13H,11-12H2,1-4H3,(H,22,23)/t20-/m0/s1. The highest BCUT2D eigenvalue weighted by atomic mass is 35.5. The van der Waals surface area contributed by atoms with Crippen molar-refractivity contribution in [3.63, 3.8) is 0 Å². The fraction of sp³-hybridized carbons (Fsp3) is 0.350. The van der Waals surface area contributed by atoms with Gasteiger partial charge in [0.2, 0.25) is 5.91 Å². The Balaban J connectivity index is 1.98. The molecule has 0 heterocycles. The van der Waals surface area contributed by atoms with E-state index >= 15 is 0 Å². The molecule has 0 spiro atoms. The number of carbonyl (C=O) groups is 1. The van der Waals surface area contributed by atoms with E-state index in [0.29, 0.717) is 6.42 Å². The fourth-order valence-corrected chi connectivity index (χ4v) is 2.47. The molecular weight excluding hydrogens is 306 g/mol. The molecule has 122 valence electrons. The van der Waals surface area contributed by atoms with Crippen molar-refractivity contribution < 1.29 is 4.79 Å². The van der Waals surface area contributed by atoms with Gasteiger partial charge in [-0.1, -0.05) is 35.9 Å². The molecule has 1 atom stereocenters. The summed E-state index contributed by atoms with van der Waals surface area (Å²) >= 11 is 6.48. The molecule has 0 unspecified atom stereocenters. The second-order valence-electron chi connectivity index (χ2n) is 6.44. The number of amides is 1. The van der Waals surface area contributed by atoms with E-state index in [9.17, 15) is 4.79 Å². The lowest BCUT2D eigenvalue weighted by Crippen LogP contribution is -2.35. The minimum Gasteiger partial charge on any atom is -0.325 e. The quantitative estimate of drug-likeness (QED) is 0.752. The van der Waals surface area contributed by atoms with Gasteiger partial charge in [0.25, 0.3) is 0 Å². The van der Waals surface area contributed by atoms with E-state index in [1.165, 1.54) is 16.7 Å². The van der Waals surface area contributed by atoms with Gasteiger partial charge in [0.05, 0.1) is 0 Å². The smallest absolute Gasteiger partial charge is 0.245 e. The van der Waals surface area contributed by atoms with Crippen molar-refractivity contribution in [1.29, 1.82) is 0 Å². The zero-order valence-corrected chi connectivity index (χ0v) is 15.0. The van der Waals surface area contributed by atoms with Crippen LogP contribution in [0.3, 0.4) is 0 Å². The monoisotopic (exact) mass is 329 g/mol. The summed E-state index contributed by atoms with van der Waals surface area (Å²) in [6, 6.07) is 14.2. The molecule has 2 nitrogen and oxygen atoms in total. The maximum Gasteiger partial charge on any atom is 0.245 e. The average molecular weight is 330 g/mol. The van der Waals surface area contributed by atoms with E-state index in [1.54, 1.807) is 6.92 Å². The van der Waals surface area contributed by atoms with Gasteiger partial charge < -0.3 is 5.32 Å². The van der Waals surface area contributed by atoms with Crippen LogP contribution in [0.2, 0.25) is 0 Å². The molecule has 0 aliphatic carbocycles. The summed E-state index contributed by atoms with van der Waals surface area (Å²) in [5.41, 5.74) is 5.58. The molecule has 2 aromatic carbocycles. The van der Waals surface area contributed by atoms with Crippen LogP contribution < -0.4 is 5.32 Å². The van der Waals surface area contributed by atoms with E-state index in [2.05, 4.69) is 36.5 Å². The minimum atomic E-state index is -0.927. The first-order valence-electron chi connectivity index (χ1n) is 7.91. The molecule has 0 saturated heterocycles. The molecule has 0 aromatic heterocycles. The lowest BCUT2D eigenvalue weighted by Gasteiger charge is -2.21. The number of halogens is 1. The number of hydrogen-bond acceptors (Lipinski definition) is 1. The van der Waals surface area contributed by atoms with Gasteiger partial charge >= 0.3 is 0 Å². The lowest BCUT2D eigenvalue weighted by molar-refractivity contribution is -0.118. The highest BCUT2D eigenvalue weighted by Gasteiger charge is 2.30. The number of rotatable bonds is 5. The normalized spacial score (nSPS) is 13.4. The number of benzene rings is 2. The maximum absolute atomic E-state index is 12.5. The van der Waals surface area contributed by atoms with Gasteiger partial charge in [-0.3, -0.25) is 4.79 Å². The Morgan fingerprint density at radius 2 is 1.70 bits per heavy atom. The molecular formula is C20H24ClNO. The summed E-state index contributed by atoms with van der Waals surface area (Å²) in [7, 11) is 0. The average Bonchev–Trinajstić information content (AvgIpc) is 2.50. The Hall–Kier alpha value is -1.80. The van der Waals surface area contributed by atoms with E-state index < -0.39 is 4.87 Å². The zero-order valence-electron chi connectivity index (χ0n) is 14.2. The highest BCUT2D eigenvalue weighted by Crippen LogP contribution is 2.25. The molecule has 3 heteroatoms. The van der Waals surface area contributed by atoms with Gasteiger partial charge in [0, 0.05) is 5.69 Å². The Labute approximate surface area is 143 Å². The van der Waals surface area contributed by atoms with Crippen LogP contribution in [0.1, 0.15) is 35.6 Å². The van der Waals surface area contributed by atoms with Crippen molar-refractivity contribution in [1.82, 2.24) is 0 Å². The summed E-state index contributed by atoms with van der Waals surface area (Å²) in [6.07, 6.45) is 1.37. The van der Waals surface area contributed by atoms with Gasteiger partial charge in [-0.05, 0) is 69.4 Å². The largest absolute Gasteiger partial charge is 0.325 e. The lowest BCUT2D eigenvalue weighted by atomic mass is 9.98. The van der Waals surface area contributed by atoms with Gasteiger partial charge in [0.1, 0.15) is 4.87 Å². The number of carbonyl (C=O) groups excluding carboxylic acids is 1. The summed E-state index contributed by atoms with van der Waals surface area (Å²) < 4.78 is 0. The van der Waals surface area contributed by atoms with E-state index in [0.717, 1.165) is 17.7 Å². The highest BCUT2D eigenvalue weighted by molar-refractivity contribution is 6.36. The van der Waals surface area contributed by atoms with E-state index in [1.807, 2.05) is 32.0 Å². The number of aryl methyl sites for hydroxylation is 4. The molecule has 2 rings (SSSR count). The third-order valence-corrected chi connectivity index (χ3v) is 4.60. The predicted octanol–water partition coefficient (Wildman–Crippen LogP) is 5.18. The number of hydrogen-bond donors (Lipinski definition) is 1. The van der Waals surface area contributed by atoms with Crippen molar-refractivity contribution in [3.8, 4) is 0 Å². The Morgan fingerprint density at radius 3 is 2.30 bits per heavy atom. The van der Waals surface area contributed by atoms with Gasteiger partial charge in [0.15, 0.2) is 0 Å². The Morgan fingerprint density at radius 1 is 1.04 bits per heavy atom. The van der Waals surface area contributed by atoms with E-state index in [4.69, 9.17) is 11.6 Å². The predicted molar refractivity (Wildman–Crippen MR) is 98.3 cm³/mol. The van der Waals surface area contributed by atoms with Crippen molar-refractivity contribution in [2.24, 2.45) is 0 Å². The number of nitrogens with one attached hydrogen (secondary N) is 1. The Kier molecular flexibility index (Phi) is 5.48. The SMILES string of the molecule is Cc1ccc(CC[C@](C)(Cl)C(=O)Nc2ccc(C)c(C)c2)cc1. The van der Waals surface area contributed by atoms with Crippen molar-refractivity contribution >= 4 is 23.2 Å². The second-order valence-corrected chi connectivity index (χ2v) is 7.27. The molecule has 0 radical (unpaired) electrons. The van der Waals surface area contributed by atoms with E-state index in [-0.39, 0.29) is 5.91 Å². The number of alkyl halides is 1. The Bertz CT molecular complexity index is 689. The van der Waals surface area contributed by atoms with Crippen molar-refractivity contribution in [3.05, 3.63) is 64.7 Å². The number of anilines is 1. The molecule has 1 N–H and O–H groups in total.